The van der Waals surface area contributed by atoms with E-state index in [-0.39, 0.29) is 0 Å². The Labute approximate surface area is 116 Å². The molecule has 0 aromatic carbocycles. The van der Waals surface area contributed by atoms with Gasteiger partial charge >= 0.3 is 0 Å². The summed E-state index contributed by atoms with van der Waals surface area (Å²) in [5.74, 6) is 1.86. The minimum absolute atomic E-state index is 0.518. The van der Waals surface area contributed by atoms with Gasteiger partial charge in [0.15, 0.2) is 10.6 Å². The highest BCUT2D eigenvalue weighted by atomic mass is 32.1. The first kappa shape index (κ1) is 12.1. The molecular weight excluding hydrogens is 262 g/mol. The number of hydrogen-bond acceptors (Lipinski definition) is 3. The average Bonchev–Trinajstić information content (AvgIpc) is 2.99. The molecule has 0 spiro atoms. The number of H-pyrrole nitrogens is 1. The fourth-order valence-corrected chi connectivity index (χ4v) is 3.72. The summed E-state index contributed by atoms with van der Waals surface area (Å²) >= 11 is 7.13. The number of aromatic nitrogens is 3. The minimum atomic E-state index is 0.518. The summed E-state index contributed by atoms with van der Waals surface area (Å²) in [5.41, 5.74) is 0. The van der Waals surface area contributed by atoms with E-state index >= 15 is 0 Å². The highest BCUT2D eigenvalue weighted by Crippen LogP contribution is 2.35. The van der Waals surface area contributed by atoms with Gasteiger partial charge in [-0.15, -0.1) is 11.3 Å². The van der Waals surface area contributed by atoms with Gasteiger partial charge in [0.05, 0.1) is 4.88 Å². The summed E-state index contributed by atoms with van der Waals surface area (Å²) in [6.07, 6.45) is 5.02. The van der Waals surface area contributed by atoms with Crippen LogP contribution in [0.5, 0.6) is 0 Å². The Morgan fingerprint density at radius 2 is 2.17 bits per heavy atom. The van der Waals surface area contributed by atoms with Crippen LogP contribution in [0.25, 0.3) is 10.7 Å². The molecule has 2 heterocycles. The second-order valence-corrected chi connectivity index (χ2v) is 6.45. The first-order valence-electron chi connectivity index (χ1n) is 6.46. The van der Waals surface area contributed by atoms with Crippen LogP contribution in [0.1, 0.15) is 38.6 Å². The quantitative estimate of drug-likeness (QED) is 0.826. The van der Waals surface area contributed by atoms with Gasteiger partial charge in [0, 0.05) is 6.04 Å². The predicted octanol–water partition coefficient (Wildman–Crippen LogP) is 4.42. The Morgan fingerprint density at radius 1 is 1.39 bits per heavy atom. The van der Waals surface area contributed by atoms with E-state index in [1.54, 1.807) is 11.3 Å². The third-order valence-corrected chi connectivity index (χ3v) is 4.95. The van der Waals surface area contributed by atoms with Crippen molar-refractivity contribution in [2.24, 2.45) is 5.92 Å². The Morgan fingerprint density at radius 3 is 2.83 bits per heavy atom. The Balaban J connectivity index is 1.96. The maximum atomic E-state index is 5.41. The van der Waals surface area contributed by atoms with Crippen molar-refractivity contribution in [3.05, 3.63) is 22.3 Å². The first-order valence-corrected chi connectivity index (χ1v) is 7.75. The minimum Gasteiger partial charge on any atom is -0.296 e. The normalized spacial score (nSPS) is 24.3. The van der Waals surface area contributed by atoms with E-state index < -0.39 is 0 Å². The van der Waals surface area contributed by atoms with Gasteiger partial charge < -0.3 is 0 Å². The van der Waals surface area contributed by atoms with E-state index in [0.29, 0.717) is 6.04 Å². The first-order chi connectivity index (χ1) is 8.75. The zero-order valence-corrected chi connectivity index (χ0v) is 12.1. The van der Waals surface area contributed by atoms with Gasteiger partial charge in [0.2, 0.25) is 0 Å². The lowest BCUT2D eigenvalue weighted by Gasteiger charge is -2.27. The molecule has 1 fully saturated rings. The van der Waals surface area contributed by atoms with Crippen molar-refractivity contribution in [2.45, 2.75) is 38.6 Å². The summed E-state index contributed by atoms with van der Waals surface area (Å²) in [5, 5.41) is 9.45. The molecule has 2 aromatic heterocycles. The molecule has 0 amide bonds. The number of nitrogens with one attached hydrogen (secondary N) is 1. The number of hydrogen-bond donors (Lipinski definition) is 1. The van der Waals surface area contributed by atoms with Gasteiger partial charge in [-0.1, -0.05) is 13.0 Å². The molecular formula is C13H17N3S2. The van der Waals surface area contributed by atoms with Crippen LogP contribution in [0, 0.1) is 10.7 Å². The van der Waals surface area contributed by atoms with Crippen molar-refractivity contribution < 1.29 is 0 Å². The van der Waals surface area contributed by atoms with Gasteiger partial charge in [-0.3, -0.25) is 9.67 Å². The largest absolute Gasteiger partial charge is 0.296 e. The van der Waals surface area contributed by atoms with Crippen LogP contribution >= 0.6 is 23.6 Å². The van der Waals surface area contributed by atoms with Gasteiger partial charge in [-0.25, -0.2) is 0 Å². The zero-order chi connectivity index (χ0) is 12.5. The van der Waals surface area contributed by atoms with Crippen molar-refractivity contribution >= 4 is 23.6 Å². The number of aromatic amines is 1. The molecule has 0 saturated heterocycles. The van der Waals surface area contributed by atoms with Crippen molar-refractivity contribution in [3.8, 4) is 10.7 Å². The SMILES string of the molecule is CC1CCC(n2c(-c3cccs3)n[nH]c2=S)CC1. The lowest BCUT2D eigenvalue weighted by Crippen LogP contribution is -2.17. The van der Waals surface area contributed by atoms with E-state index in [2.05, 4.69) is 39.2 Å². The molecule has 0 unspecified atom stereocenters. The molecule has 0 bridgehead atoms. The summed E-state index contributed by atoms with van der Waals surface area (Å²) in [4.78, 5) is 1.20. The number of rotatable bonds is 2. The third kappa shape index (κ3) is 2.17. The molecule has 1 aliphatic carbocycles. The van der Waals surface area contributed by atoms with Crippen molar-refractivity contribution in [1.82, 2.24) is 14.8 Å². The van der Waals surface area contributed by atoms with E-state index in [9.17, 15) is 0 Å². The third-order valence-electron chi connectivity index (χ3n) is 3.80. The Bertz CT molecular complexity index is 559. The summed E-state index contributed by atoms with van der Waals surface area (Å²) in [6.45, 7) is 2.34. The van der Waals surface area contributed by atoms with Gasteiger partial charge in [-0.05, 0) is 55.3 Å². The maximum absolute atomic E-state index is 5.41. The predicted molar refractivity (Wildman–Crippen MR) is 77.4 cm³/mol. The molecule has 0 aliphatic heterocycles. The number of nitrogens with zero attached hydrogens (tertiary/aromatic N) is 2. The highest BCUT2D eigenvalue weighted by Gasteiger charge is 2.23. The van der Waals surface area contributed by atoms with E-state index in [4.69, 9.17) is 12.2 Å². The smallest absolute Gasteiger partial charge is 0.195 e. The monoisotopic (exact) mass is 279 g/mol. The van der Waals surface area contributed by atoms with E-state index in [0.717, 1.165) is 16.5 Å². The zero-order valence-electron chi connectivity index (χ0n) is 10.4. The molecule has 0 radical (unpaired) electrons. The van der Waals surface area contributed by atoms with Crippen LogP contribution < -0.4 is 0 Å². The molecule has 18 heavy (non-hydrogen) atoms. The van der Waals surface area contributed by atoms with Gasteiger partial charge in [-0.2, -0.15) is 5.10 Å². The second-order valence-electron chi connectivity index (χ2n) is 5.11. The van der Waals surface area contributed by atoms with Crippen molar-refractivity contribution in [1.29, 1.82) is 0 Å². The van der Waals surface area contributed by atoms with Crippen LogP contribution in [0.2, 0.25) is 0 Å². The molecule has 5 heteroatoms. The van der Waals surface area contributed by atoms with Crippen LogP contribution in [0.15, 0.2) is 17.5 Å². The maximum Gasteiger partial charge on any atom is 0.195 e. The molecule has 3 rings (SSSR count). The summed E-state index contributed by atoms with van der Waals surface area (Å²) < 4.78 is 2.99. The highest BCUT2D eigenvalue weighted by molar-refractivity contribution is 7.71. The Hall–Kier alpha value is -0.940. The fourth-order valence-electron chi connectivity index (χ4n) is 2.72. The van der Waals surface area contributed by atoms with Crippen LogP contribution in [-0.2, 0) is 0 Å². The van der Waals surface area contributed by atoms with E-state index in [1.807, 2.05) is 0 Å². The average molecular weight is 279 g/mol. The lowest BCUT2D eigenvalue weighted by molar-refractivity contribution is 0.289. The summed E-state index contributed by atoms with van der Waals surface area (Å²) in [6, 6.07) is 4.69. The van der Waals surface area contributed by atoms with Crippen LogP contribution in [0.3, 0.4) is 0 Å². The fraction of sp³-hybridized carbons (Fsp3) is 0.538. The second kappa shape index (κ2) is 4.97. The van der Waals surface area contributed by atoms with Crippen molar-refractivity contribution in [3.63, 3.8) is 0 Å². The van der Waals surface area contributed by atoms with Gasteiger partial charge in [0.25, 0.3) is 0 Å². The molecule has 1 aliphatic rings. The topological polar surface area (TPSA) is 33.6 Å². The molecule has 1 saturated carbocycles. The molecule has 1 N–H and O–H groups in total. The molecule has 3 nitrogen and oxygen atoms in total. The summed E-state index contributed by atoms with van der Waals surface area (Å²) in [7, 11) is 0. The molecule has 0 atom stereocenters. The Kier molecular flexibility index (Phi) is 3.35. The van der Waals surface area contributed by atoms with Crippen LogP contribution in [0.4, 0.5) is 0 Å². The molecule has 2 aromatic rings. The standard InChI is InChI=1S/C13H17N3S2/c1-9-4-6-10(7-5-9)16-12(14-15-13(16)17)11-3-2-8-18-11/h2-3,8-10H,4-7H2,1H3,(H,15,17). The molecule has 96 valence electrons. The number of thiophene rings is 1. The van der Waals surface area contributed by atoms with Crippen molar-refractivity contribution in [2.75, 3.05) is 0 Å². The van der Waals surface area contributed by atoms with Crippen LogP contribution in [-0.4, -0.2) is 14.8 Å². The van der Waals surface area contributed by atoms with E-state index in [1.165, 1.54) is 30.6 Å². The lowest BCUT2D eigenvalue weighted by atomic mass is 9.87. The van der Waals surface area contributed by atoms with Gasteiger partial charge in [0.1, 0.15) is 0 Å².